The zero-order valence-corrected chi connectivity index (χ0v) is 19.4. The van der Waals surface area contributed by atoms with Gasteiger partial charge >= 0.3 is 0 Å². The Labute approximate surface area is 199 Å². The van der Waals surface area contributed by atoms with E-state index in [2.05, 4.69) is 33.2 Å². The van der Waals surface area contributed by atoms with E-state index in [1.54, 1.807) is 0 Å². The highest BCUT2D eigenvalue weighted by atomic mass is 35.5. The normalized spacial score (nSPS) is 17.2. The fourth-order valence-electron chi connectivity index (χ4n) is 4.51. The third kappa shape index (κ3) is 5.13. The van der Waals surface area contributed by atoms with Gasteiger partial charge in [0, 0.05) is 61.7 Å². The Bertz CT molecular complexity index is 1130. The molecule has 0 radical (unpaired) electrons. The molecular formula is C26H28ClN5O. The summed E-state index contributed by atoms with van der Waals surface area (Å²) in [5.74, 6) is 0.217. The van der Waals surface area contributed by atoms with Crippen LogP contribution in [0, 0.1) is 0 Å². The molecule has 0 aliphatic carbocycles. The second-order valence-electron chi connectivity index (χ2n) is 8.57. The second kappa shape index (κ2) is 9.81. The van der Waals surface area contributed by atoms with E-state index in [1.165, 1.54) is 5.57 Å². The lowest BCUT2D eigenvalue weighted by molar-refractivity contribution is -0.132. The van der Waals surface area contributed by atoms with Crippen LogP contribution in [-0.4, -0.2) is 71.3 Å². The van der Waals surface area contributed by atoms with Crippen molar-refractivity contribution >= 4 is 28.8 Å². The fraction of sp³-hybridized carbons (Fsp3) is 0.308. The summed E-state index contributed by atoms with van der Waals surface area (Å²) in [6.45, 7) is 5.32. The summed E-state index contributed by atoms with van der Waals surface area (Å²) in [7, 11) is 0. The lowest BCUT2D eigenvalue weighted by atomic mass is 10.0. The maximum Gasteiger partial charge on any atom is 0.236 e. The first kappa shape index (κ1) is 21.7. The molecule has 170 valence electrons. The number of carbonyl (C=O) groups is 1. The van der Waals surface area contributed by atoms with Crippen molar-refractivity contribution in [1.29, 1.82) is 0 Å². The summed E-state index contributed by atoms with van der Waals surface area (Å²) in [4.78, 5) is 19.4. The maximum atomic E-state index is 12.9. The summed E-state index contributed by atoms with van der Waals surface area (Å²) >= 11 is 6.12. The highest BCUT2D eigenvalue weighted by Gasteiger charge is 2.24. The van der Waals surface area contributed by atoms with Crippen molar-refractivity contribution in [3.8, 4) is 5.69 Å². The predicted octanol–water partition coefficient (Wildman–Crippen LogP) is 3.96. The van der Waals surface area contributed by atoms with Crippen molar-refractivity contribution in [3.05, 3.63) is 83.7 Å². The molecule has 7 heteroatoms. The Morgan fingerprint density at radius 2 is 1.73 bits per heavy atom. The third-order valence-corrected chi connectivity index (χ3v) is 6.67. The highest BCUT2D eigenvalue weighted by Crippen LogP contribution is 2.24. The third-order valence-electron chi connectivity index (χ3n) is 6.43. The van der Waals surface area contributed by atoms with Crippen LogP contribution < -0.4 is 4.90 Å². The molecule has 0 spiro atoms. The van der Waals surface area contributed by atoms with E-state index in [9.17, 15) is 4.79 Å². The Kier molecular flexibility index (Phi) is 6.46. The van der Waals surface area contributed by atoms with Gasteiger partial charge in [0.2, 0.25) is 5.91 Å². The molecule has 1 fully saturated rings. The first-order valence-electron chi connectivity index (χ1n) is 11.5. The minimum Gasteiger partial charge on any atom is -0.368 e. The highest BCUT2D eigenvalue weighted by molar-refractivity contribution is 6.30. The topological polar surface area (TPSA) is 44.6 Å². The zero-order valence-electron chi connectivity index (χ0n) is 18.6. The first-order chi connectivity index (χ1) is 16.2. The second-order valence-corrected chi connectivity index (χ2v) is 9.01. The van der Waals surface area contributed by atoms with Gasteiger partial charge in [0.05, 0.1) is 18.4 Å². The molecule has 1 saturated heterocycles. The average molecular weight is 462 g/mol. The van der Waals surface area contributed by atoms with Gasteiger partial charge in [-0.2, -0.15) is 5.10 Å². The molecule has 2 aromatic carbocycles. The number of nitrogens with zero attached hydrogens (tertiary/aromatic N) is 5. The first-order valence-corrected chi connectivity index (χ1v) is 11.8. The molecule has 0 N–H and O–H groups in total. The number of amides is 1. The number of anilines is 1. The summed E-state index contributed by atoms with van der Waals surface area (Å²) in [6, 6.07) is 18.1. The lowest BCUT2D eigenvalue weighted by Crippen LogP contribution is -2.51. The summed E-state index contributed by atoms with van der Waals surface area (Å²) in [5.41, 5.74) is 4.64. The van der Waals surface area contributed by atoms with E-state index < -0.39 is 0 Å². The van der Waals surface area contributed by atoms with Gasteiger partial charge in [0.15, 0.2) is 0 Å². The van der Waals surface area contributed by atoms with E-state index in [0.29, 0.717) is 6.54 Å². The standard InChI is InChI=1S/C26H28ClN5O/c27-23-5-4-8-25(17-23)30-13-15-31(16-14-30)26(33)20-29-11-9-21(10-12-29)22-18-28-32(19-22)24-6-2-1-3-7-24/h1-9,17-19H,10-16,20H2. The molecule has 3 aromatic rings. The molecule has 33 heavy (non-hydrogen) atoms. The van der Waals surface area contributed by atoms with Crippen molar-refractivity contribution < 1.29 is 4.79 Å². The van der Waals surface area contributed by atoms with Gasteiger partial charge in [0.1, 0.15) is 0 Å². The van der Waals surface area contributed by atoms with Crippen LogP contribution in [0.4, 0.5) is 5.69 Å². The Hall–Kier alpha value is -3.09. The SMILES string of the molecule is O=C(CN1CC=C(c2cnn(-c3ccccc3)c2)CC1)N1CCN(c2cccc(Cl)c2)CC1. The number of hydrogen-bond acceptors (Lipinski definition) is 4. The molecule has 0 atom stereocenters. The number of carbonyl (C=O) groups excluding carboxylic acids is 1. The van der Waals surface area contributed by atoms with Gasteiger partial charge in [-0.25, -0.2) is 4.68 Å². The van der Waals surface area contributed by atoms with Crippen molar-refractivity contribution in [2.24, 2.45) is 0 Å². The molecular weight excluding hydrogens is 434 g/mol. The quantitative estimate of drug-likeness (QED) is 0.577. The average Bonchev–Trinajstić information content (AvgIpc) is 3.36. The van der Waals surface area contributed by atoms with Crippen LogP contribution in [0.1, 0.15) is 12.0 Å². The van der Waals surface area contributed by atoms with Crippen molar-refractivity contribution in [2.75, 3.05) is 50.7 Å². The Morgan fingerprint density at radius 3 is 2.45 bits per heavy atom. The number of piperazine rings is 1. The lowest BCUT2D eigenvalue weighted by Gasteiger charge is -2.37. The summed E-state index contributed by atoms with van der Waals surface area (Å²) in [5, 5.41) is 5.26. The van der Waals surface area contributed by atoms with Crippen LogP contribution in [0.5, 0.6) is 0 Å². The Morgan fingerprint density at radius 1 is 0.939 bits per heavy atom. The van der Waals surface area contributed by atoms with E-state index >= 15 is 0 Å². The number of benzene rings is 2. The monoisotopic (exact) mass is 461 g/mol. The smallest absolute Gasteiger partial charge is 0.236 e. The molecule has 1 amide bonds. The minimum atomic E-state index is 0.217. The van der Waals surface area contributed by atoms with Crippen LogP contribution in [-0.2, 0) is 4.79 Å². The molecule has 2 aliphatic heterocycles. The molecule has 2 aliphatic rings. The van der Waals surface area contributed by atoms with Crippen LogP contribution in [0.15, 0.2) is 73.1 Å². The molecule has 6 nitrogen and oxygen atoms in total. The van der Waals surface area contributed by atoms with E-state index in [-0.39, 0.29) is 5.91 Å². The molecule has 1 aromatic heterocycles. The molecule has 0 saturated carbocycles. The summed E-state index contributed by atoms with van der Waals surface area (Å²) < 4.78 is 1.91. The zero-order chi connectivity index (χ0) is 22.6. The number of halogens is 1. The van der Waals surface area contributed by atoms with Crippen LogP contribution >= 0.6 is 11.6 Å². The fourth-order valence-corrected chi connectivity index (χ4v) is 4.69. The molecule has 0 unspecified atom stereocenters. The largest absolute Gasteiger partial charge is 0.368 e. The molecule has 0 bridgehead atoms. The molecule has 3 heterocycles. The van der Waals surface area contributed by atoms with E-state index in [0.717, 1.165) is 67.7 Å². The Balaban J connectivity index is 1.12. The van der Waals surface area contributed by atoms with Crippen LogP contribution in [0.25, 0.3) is 11.3 Å². The summed E-state index contributed by atoms with van der Waals surface area (Å²) in [6.07, 6.45) is 7.18. The number of aromatic nitrogens is 2. The van der Waals surface area contributed by atoms with Gasteiger partial charge in [-0.05, 0) is 42.3 Å². The van der Waals surface area contributed by atoms with Gasteiger partial charge in [-0.15, -0.1) is 0 Å². The van der Waals surface area contributed by atoms with Gasteiger partial charge in [-0.3, -0.25) is 9.69 Å². The van der Waals surface area contributed by atoms with E-state index in [1.807, 2.05) is 64.3 Å². The van der Waals surface area contributed by atoms with Crippen molar-refractivity contribution in [1.82, 2.24) is 19.6 Å². The van der Waals surface area contributed by atoms with Crippen LogP contribution in [0.2, 0.25) is 5.02 Å². The van der Waals surface area contributed by atoms with Gasteiger partial charge in [0.25, 0.3) is 0 Å². The number of rotatable bonds is 5. The number of hydrogen-bond donors (Lipinski definition) is 0. The predicted molar refractivity (Wildman–Crippen MR) is 133 cm³/mol. The maximum absolute atomic E-state index is 12.9. The van der Waals surface area contributed by atoms with Crippen molar-refractivity contribution in [3.63, 3.8) is 0 Å². The van der Waals surface area contributed by atoms with E-state index in [4.69, 9.17) is 11.6 Å². The molecule has 5 rings (SSSR count). The van der Waals surface area contributed by atoms with Crippen LogP contribution in [0.3, 0.4) is 0 Å². The van der Waals surface area contributed by atoms with Gasteiger partial charge in [-0.1, -0.05) is 41.9 Å². The van der Waals surface area contributed by atoms with Crippen molar-refractivity contribution in [2.45, 2.75) is 6.42 Å². The number of para-hydroxylation sites is 1. The minimum absolute atomic E-state index is 0.217. The van der Waals surface area contributed by atoms with Gasteiger partial charge < -0.3 is 9.80 Å².